The van der Waals surface area contributed by atoms with Crippen molar-refractivity contribution in [2.45, 2.75) is 31.7 Å². The molecule has 0 spiro atoms. The van der Waals surface area contributed by atoms with Gasteiger partial charge in [-0.05, 0) is 61.5 Å². The van der Waals surface area contributed by atoms with Gasteiger partial charge in [0.05, 0.1) is 0 Å². The smallest absolute Gasteiger partial charge is 0.192 e. The van der Waals surface area contributed by atoms with E-state index in [-0.39, 0.29) is 0 Å². The minimum absolute atomic E-state index is 0.646. The quantitative estimate of drug-likeness (QED) is 0.323. The molecule has 2 aromatic heterocycles. The Balaban J connectivity index is 0.000000261. The van der Waals surface area contributed by atoms with Crippen molar-refractivity contribution in [3.63, 3.8) is 0 Å². The molecular weight excluding hydrogens is 388 g/mol. The highest BCUT2D eigenvalue weighted by Crippen LogP contribution is 2.24. The van der Waals surface area contributed by atoms with E-state index in [9.17, 15) is 0 Å². The molecule has 0 unspecified atom stereocenters. The average molecular weight is 417 g/mol. The van der Waals surface area contributed by atoms with Crippen LogP contribution in [0.1, 0.15) is 23.1 Å². The van der Waals surface area contributed by atoms with Crippen LogP contribution < -0.4 is 21.5 Å². The number of hydrogen-bond acceptors (Lipinski definition) is 8. The molecule has 28 heavy (non-hydrogen) atoms. The van der Waals surface area contributed by atoms with Crippen molar-refractivity contribution in [3.05, 3.63) is 64.8 Å². The summed E-state index contributed by atoms with van der Waals surface area (Å²) in [5.41, 5.74) is 14.6. The minimum atomic E-state index is 0.646. The molecule has 1 aromatic carbocycles. The molecule has 2 heterocycles. The van der Waals surface area contributed by atoms with Crippen LogP contribution in [0.2, 0.25) is 0 Å². The summed E-state index contributed by atoms with van der Waals surface area (Å²) in [6.07, 6.45) is 4.58. The van der Waals surface area contributed by atoms with Gasteiger partial charge in [0.25, 0.3) is 0 Å². The van der Waals surface area contributed by atoms with Crippen LogP contribution in [0.4, 0.5) is 10.9 Å². The molecule has 0 aliphatic heterocycles. The fourth-order valence-corrected chi connectivity index (χ4v) is 3.60. The van der Waals surface area contributed by atoms with Gasteiger partial charge >= 0.3 is 0 Å². The number of nitrogens with one attached hydrogen (secondary N) is 2. The molecule has 0 saturated heterocycles. The fraction of sp³-hybridized carbons (Fsp3) is 0.300. The third kappa shape index (κ3) is 7.47. The Hall–Kier alpha value is -2.13. The molecule has 8 heteroatoms. The van der Waals surface area contributed by atoms with E-state index in [1.54, 1.807) is 17.5 Å². The van der Waals surface area contributed by atoms with Gasteiger partial charge in [-0.3, -0.25) is 0 Å². The molecule has 3 aromatic rings. The van der Waals surface area contributed by atoms with Gasteiger partial charge in [0, 0.05) is 35.8 Å². The Morgan fingerprint density at radius 3 is 2.54 bits per heavy atom. The third-order valence-electron chi connectivity index (χ3n) is 3.90. The van der Waals surface area contributed by atoms with Crippen molar-refractivity contribution < 1.29 is 0 Å². The second kappa shape index (κ2) is 12.4. The lowest BCUT2D eigenvalue weighted by molar-refractivity contribution is 0.868. The van der Waals surface area contributed by atoms with Crippen molar-refractivity contribution in [1.29, 1.82) is 0 Å². The summed E-state index contributed by atoms with van der Waals surface area (Å²) in [6.45, 7) is 6.31. The van der Waals surface area contributed by atoms with Crippen molar-refractivity contribution >= 4 is 34.2 Å². The maximum Gasteiger partial charge on any atom is 0.192 e. The second-order valence-electron chi connectivity index (χ2n) is 6.08. The van der Waals surface area contributed by atoms with E-state index in [0.717, 1.165) is 34.4 Å². The number of thiazole rings is 1. The van der Waals surface area contributed by atoms with E-state index < -0.39 is 0 Å². The summed E-state index contributed by atoms with van der Waals surface area (Å²) >= 11 is 3.09. The van der Waals surface area contributed by atoms with Crippen molar-refractivity contribution in [2.24, 2.45) is 11.5 Å². The Morgan fingerprint density at radius 1 is 1.11 bits per heavy atom. The predicted octanol–water partition coefficient (Wildman–Crippen LogP) is 4.18. The van der Waals surface area contributed by atoms with Crippen LogP contribution in [0.5, 0.6) is 0 Å². The monoisotopic (exact) mass is 416 g/mol. The normalized spacial score (nSPS) is 10.1. The van der Waals surface area contributed by atoms with Crippen LogP contribution in [0.15, 0.2) is 53.0 Å². The molecule has 3 rings (SSSR count). The molecule has 6 nitrogen and oxygen atoms in total. The number of nitrogens with two attached hydrogens (primary N) is 2. The number of anilines is 2. The number of aryl methyl sites for hydroxylation is 2. The van der Waals surface area contributed by atoms with Crippen molar-refractivity contribution in [2.75, 3.05) is 23.1 Å². The average Bonchev–Trinajstić information content (AvgIpc) is 3.23. The maximum absolute atomic E-state index is 5.46. The van der Waals surface area contributed by atoms with Crippen molar-refractivity contribution in [1.82, 2.24) is 9.97 Å². The van der Waals surface area contributed by atoms with E-state index >= 15 is 0 Å². The molecule has 0 bridgehead atoms. The van der Waals surface area contributed by atoms with Crippen LogP contribution in [-0.4, -0.2) is 23.1 Å². The van der Waals surface area contributed by atoms with E-state index in [1.165, 1.54) is 23.1 Å². The Labute approximate surface area is 175 Å². The first kappa shape index (κ1) is 22.2. The van der Waals surface area contributed by atoms with E-state index in [4.69, 9.17) is 11.5 Å². The van der Waals surface area contributed by atoms with Gasteiger partial charge in [-0.15, -0.1) is 11.3 Å². The van der Waals surface area contributed by atoms with Gasteiger partial charge in [0.15, 0.2) is 5.13 Å². The van der Waals surface area contributed by atoms with Gasteiger partial charge in [0.1, 0.15) is 5.82 Å². The third-order valence-corrected chi connectivity index (χ3v) is 5.47. The zero-order valence-corrected chi connectivity index (χ0v) is 17.9. The number of pyridine rings is 1. The first-order chi connectivity index (χ1) is 13.6. The van der Waals surface area contributed by atoms with Crippen LogP contribution in [-0.2, 0) is 6.54 Å². The molecule has 150 valence electrons. The molecule has 6 N–H and O–H groups in total. The SMILES string of the molecule is Cc1cc(SNc2nccs2)cnc1NCCCN.Cc1ccccc1CN. The Bertz CT molecular complexity index is 823. The zero-order valence-electron chi connectivity index (χ0n) is 16.3. The van der Waals surface area contributed by atoms with E-state index in [1.807, 2.05) is 30.6 Å². The molecule has 0 aliphatic carbocycles. The Morgan fingerprint density at radius 2 is 1.93 bits per heavy atom. The number of nitrogens with zero attached hydrogens (tertiary/aromatic N) is 2. The molecular formula is C20H28N6S2. The molecule has 0 radical (unpaired) electrons. The summed E-state index contributed by atoms with van der Waals surface area (Å²) in [5.74, 6) is 0.923. The summed E-state index contributed by atoms with van der Waals surface area (Å²) in [5, 5.41) is 6.12. The lowest BCUT2D eigenvalue weighted by Crippen LogP contribution is -2.10. The van der Waals surface area contributed by atoms with Crippen LogP contribution in [0.25, 0.3) is 0 Å². The van der Waals surface area contributed by atoms with Gasteiger partial charge in [-0.2, -0.15) is 0 Å². The standard InChI is InChI=1S/C12H17N5S2.C8H11N/c1-9-7-10(19-17-12-15-5-6-18-12)8-16-11(9)14-4-2-3-13;1-7-4-2-3-5-8(7)6-9/h5-8H,2-4,13H2,1H3,(H,14,16)(H,15,17);2-5H,6,9H2,1H3. The highest BCUT2D eigenvalue weighted by Gasteiger charge is 2.03. The van der Waals surface area contributed by atoms with Crippen LogP contribution in [0.3, 0.4) is 0 Å². The molecule has 0 aliphatic rings. The maximum atomic E-state index is 5.46. The summed E-state index contributed by atoms with van der Waals surface area (Å²) < 4.78 is 3.19. The summed E-state index contributed by atoms with van der Waals surface area (Å²) in [6, 6.07) is 10.3. The van der Waals surface area contributed by atoms with E-state index in [0.29, 0.717) is 13.1 Å². The molecule has 0 atom stereocenters. The number of aromatic nitrogens is 2. The van der Waals surface area contributed by atoms with Gasteiger partial charge in [-0.25, -0.2) is 9.97 Å². The Kier molecular flexibility index (Phi) is 9.78. The number of hydrogen-bond donors (Lipinski definition) is 4. The van der Waals surface area contributed by atoms with Gasteiger partial charge in [-0.1, -0.05) is 24.3 Å². The lowest BCUT2D eigenvalue weighted by Gasteiger charge is -2.09. The van der Waals surface area contributed by atoms with Crippen LogP contribution >= 0.6 is 23.3 Å². The van der Waals surface area contributed by atoms with Crippen LogP contribution in [0, 0.1) is 13.8 Å². The highest BCUT2D eigenvalue weighted by atomic mass is 32.2. The highest BCUT2D eigenvalue weighted by molar-refractivity contribution is 8.00. The van der Waals surface area contributed by atoms with Gasteiger partial charge in [0.2, 0.25) is 0 Å². The first-order valence-electron chi connectivity index (χ1n) is 9.11. The zero-order chi connectivity index (χ0) is 20.2. The lowest BCUT2D eigenvalue weighted by atomic mass is 10.1. The largest absolute Gasteiger partial charge is 0.370 e. The topological polar surface area (TPSA) is 102 Å². The fourth-order valence-electron chi connectivity index (χ4n) is 2.31. The number of benzene rings is 1. The van der Waals surface area contributed by atoms with Crippen molar-refractivity contribution in [3.8, 4) is 0 Å². The molecule has 0 amide bonds. The summed E-state index contributed by atoms with van der Waals surface area (Å²) in [7, 11) is 0. The predicted molar refractivity (Wildman–Crippen MR) is 122 cm³/mol. The molecule has 0 saturated carbocycles. The summed E-state index contributed by atoms with van der Waals surface area (Å²) in [4.78, 5) is 9.65. The minimum Gasteiger partial charge on any atom is -0.370 e. The first-order valence-corrected chi connectivity index (χ1v) is 10.8. The second-order valence-corrected chi connectivity index (χ2v) is 7.85. The van der Waals surface area contributed by atoms with E-state index in [2.05, 4.69) is 45.1 Å². The van der Waals surface area contributed by atoms with Gasteiger partial charge < -0.3 is 21.5 Å². The number of rotatable bonds is 8. The molecule has 0 fully saturated rings.